The van der Waals surface area contributed by atoms with Crippen LogP contribution in [0, 0.1) is 0 Å². The van der Waals surface area contributed by atoms with E-state index in [0.717, 1.165) is 12.2 Å². The van der Waals surface area contributed by atoms with Gasteiger partial charge in [0.05, 0.1) is 0 Å². The first-order valence-electron chi connectivity index (χ1n) is 4.64. The summed E-state index contributed by atoms with van der Waals surface area (Å²) in [6.07, 6.45) is 0.915. The summed E-state index contributed by atoms with van der Waals surface area (Å²) >= 11 is 0. The molecule has 0 saturated heterocycles. The monoisotopic (exact) mass is 179 g/mol. The zero-order chi connectivity index (χ0) is 9.73. The normalized spacial score (nSPS) is 15.0. The lowest BCUT2D eigenvalue weighted by molar-refractivity contribution is 0.0935. The lowest BCUT2D eigenvalue weighted by Gasteiger charge is -2.27. The number of benzene rings is 1. The van der Waals surface area contributed by atoms with Gasteiger partial charge in [-0.05, 0) is 25.5 Å². The van der Waals surface area contributed by atoms with E-state index in [1.165, 1.54) is 0 Å². The molecule has 1 rings (SSSR count). The van der Waals surface area contributed by atoms with E-state index in [0.29, 0.717) is 6.54 Å². The van der Waals surface area contributed by atoms with Crippen molar-refractivity contribution in [2.24, 2.45) is 5.73 Å². The maximum Gasteiger partial charge on any atom is 0.120 e. The summed E-state index contributed by atoms with van der Waals surface area (Å²) in [5.74, 6) is 0.886. The van der Waals surface area contributed by atoms with E-state index < -0.39 is 0 Å². The van der Waals surface area contributed by atoms with Crippen molar-refractivity contribution in [2.45, 2.75) is 25.9 Å². The maximum atomic E-state index is 5.78. The van der Waals surface area contributed by atoms with Gasteiger partial charge >= 0.3 is 0 Å². The van der Waals surface area contributed by atoms with Crippen LogP contribution in [0.4, 0.5) is 0 Å². The summed E-state index contributed by atoms with van der Waals surface area (Å²) in [4.78, 5) is 0. The van der Waals surface area contributed by atoms with Crippen LogP contribution >= 0.6 is 0 Å². The molecule has 0 amide bonds. The van der Waals surface area contributed by atoms with Crippen LogP contribution in [0.5, 0.6) is 5.75 Å². The van der Waals surface area contributed by atoms with Crippen LogP contribution in [-0.2, 0) is 0 Å². The molecule has 1 aromatic carbocycles. The average molecular weight is 179 g/mol. The van der Waals surface area contributed by atoms with Crippen molar-refractivity contribution in [1.29, 1.82) is 0 Å². The SMILES string of the molecule is CCC(C)(CN)Oc1ccccc1. The Morgan fingerprint density at radius 1 is 1.31 bits per heavy atom. The molecule has 13 heavy (non-hydrogen) atoms. The summed E-state index contributed by atoms with van der Waals surface area (Å²) in [7, 11) is 0. The van der Waals surface area contributed by atoms with Gasteiger partial charge in [-0.3, -0.25) is 0 Å². The fourth-order valence-corrected chi connectivity index (χ4v) is 1.03. The lowest BCUT2D eigenvalue weighted by atomic mass is 10.0. The van der Waals surface area contributed by atoms with Crippen molar-refractivity contribution in [3.8, 4) is 5.75 Å². The van der Waals surface area contributed by atoms with Gasteiger partial charge < -0.3 is 10.5 Å². The second kappa shape index (κ2) is 4.28. The smallest absolute Gasteiger partial charge is 0.120 e. The summed E-state index contributed by atoms with van der Waals surface area (Å²) in [6.45, 7) is 4.65. The molecule has 0 bridgehead atoms. The predicted molar refractivity (Wildman–Crippen MR) is 54.8 cm³/mol. The number of hydrogen-bond acceptors (Lipinski definition) is 2. The predicted octanol–water partition coefficient (Wildman–Crippen LogP) is 2.19. The maximum absolute atomic E-state index is 5.78. The molecule has 0 aromatic heterocycles. The third kappa shape index (κ3) is 2.74. The Hall–Kier alpha value is -1.02. The molecule has 0 spiro atoms. The van der Waals surface area contributed by atoms with E-state index in [4.69, 9.17) is 10.5 Å². The number of hydrogen-bond donors (Lipinski definition) is 1. The molecule has 1 atom stereocenters. The van der Waals surface area contributed by atoms with Crippen molar-refractivity contribution in [1.82, 2.24) is 0 Å². The third-order valence-corrected chi connectivity index (χ3v) is 2.29. The Balaban J connectivity index is 2.68. The van der Waals surface area contributed by atoms with Crippen molar-refractivity contribution in [2.75, 3.05) is 6.54 Å². The van der Waals surface area contributed by atoms with Crippen molar-refractivity contribution in [3.63, 3.8) is 0 Å². The Morgan fingerprint density at radius 3 is 2.38 bits per heavy atom. The highest BCUT2D eigenvalue weighted by atomic mass is 16.5. The van der Waals surface area contributed by atoms with E-state index >= 15 is 0 Å². The Bertz CT molecular complexity index is 242. The summed E-state index contributed by atoms with van der Waals surface area (Å²) < 4.78 is 5.78. The number of ether oxygens (including phenoxy) is 1. The molecule has 0 aliphatic rings. The molecule has 1 aromatic rings. The van der Waals surface area contributed by atoms with Crippen molar-refractivity contribution < 1.29 is 4.74 Å². The fraction of sp³-hybridized carbons (Fsp3) is 0.455. The van der Waals surface area contributed by atoms with Crippen molar-refractivity contribution >= 4 is 0 Å². The summed E-state index contributed by atoms with van der Waals surface area (Å²) in [5.41, 5.74) is 5.41. The van der Waals surface area contributed by atoms with Crippen LogP contribution in [0.2, 0.25) is 0 Å². The second-order valence-corrected chi connectivity index (χ2v) is 3.42. The molecule has 0 aliphatic heterocycles. The van der Waals surface area contributed by atoms with E-state index in [-0.39, 0.29) is 5.60 Å². The highest BCUT2D eigenvalue weighted by molar-refractivity contribution is 5.21. The van der Waals surface area contributed by atoms with Crippen LogP contribution in [0.15, 0.2) is 30.3 Å². The van der Waals surface area contributed by atoms with Gasteiger partial charge in [-0.15, -0.1) is 0 Å². The minimum atomic E-state index is -0.235. The first-order valence-corrected chi connectivity index (χ1v) is 4.64. The van der Waals surface area contributed by atoms with Crippen LogP contribution in [0.3, 0.4) is 0 Å². The van der Waals surface area contributed by atoms with E-state index in [1.54, 1.807) is 0 Å². The van der Waals surface area contributed by atoms with Gasteiger partial charge in [0.25, 0.3) is 0 Å². The number of para-hydroxylation sites is 1. The number of nitrogens with two attached hydrogens (primary N) is 1. The van der Waals surface area contributed by atoms with Gasteiger partial charge in [0.2, 0.25) is 0 Å². The highest BCUT2D eigenvalue weighted by Gasteiger charge is 2.21. The van der Waals surface area contributed by atoms with Crippen molar-refractivity contribution in [3.05, 3.63) is 30.3 Å². The first kappa shape index (κ1) is 10.1. The molecule has 0 radical (unpaired) electrons. The molecule has 0 fully saturated rings. The van der Waals surface area contributed by atoms with Gasteiger partial charge in [0.15, 0.2) is 0 Å². The average Bonchev–Trinajstić information content (AvgIpc) is 2.19. The van der Waals surface area contributed by atoms with Crippen LogP contribution in [0.1, 0.15) is 20.3 Å². The first-order chi connectivity index (χ1) is 6.20. The summed E-state index contributed by atoms with van der Waals surface area (Å²) in [5, 5.41) is 0. The number of rotatable bonds is 4. The Labute approximate surface area is 79.7 Å². The fourth-order valence-electron chi connectivity index (χ4n) is 1.03. The van der Waals surface area contributed by atoms with Gasteiger partial charge in [0.1, 0.15) is 11.4 Å². The van der Waals surface area contributed by atoms with E-state index in [2.05, 4.69) is 6.92 Å². The van der Waals surface area contributed by atoms with Crippen LogP contribution < -0.4 is 10.5 Å². The quantitative estimate of drug-likeness (QED) is 0.769. The second-order valence-electron chi connectivity index (χ2n) is 3.42. The van der Waals surface area contributed by atoms with Gasteiger partial charge in [0, 0.05) is 6.54 Å². The van der Waals surface area contributed by atoms with Gasteiger partial charge in [-0.25, -0.2) is 0 Å². The molecular formula is C11H17NO. The molecule has 72 valence electrons. The molecule has 2 nitrogen and oxygen atoms in total. The van der Waals surface area contributed by atoms with Crippen LogP contribution in [0.25, 0.3) is 0 Å². The molecule has 2 heteroatoms. The van der Waals surface area contributed by atoms with Gasteiger partial charge in [-0.2, -0.15) is 0 Å². The minimum absolute atomic E-state index is 0.235. The molecule has 2 N–H and O–H groups in total. The zero-order valence-electron chi connectivity index (χ0n) is 8.29. The largest absolute Gasteiger partial charge is 0.486 e. The Morgan fingerprint density at radius 2 is 1.92 bits per heavy atom. The highest BCUT2D eigenvalue weighted by Crippen LogP contribution is 2.19. The standard InChI is InChI=1S/C11H17NO/c1-3-11(2,9-12)13-10-7-5-4-6-8-10/h4-8H,3,9,12H2,1-2H3. The molecule has 0 heterocycles. The lowest BCUT2D eigenvalue weighted by Crippen LogP contribution is -2.39. The molecular weight excluding hydrogens is 162 g/mol. The third-order valence-electron chi connectivity index (χ3n) is 2.29. The molecule has 0 aliphatic carbocycles. The van der Waals surface area contributed by atoms with Gasteiger partial charge in [-0.1, -0.05) is 25.1 Å². The zero-order valence-corrected chi connectivity index (χ0v) is 8.29. The minimum Gasteiger partial charge on any atom is -0.486 e. The summed E-state index contributed by atoms with van der Waals surface area (Å²) in [6, 6.07) is 9.79. The topological polar surface area (TPSA) is 35.2 Å². The van der Waals surface area contributed by atoms with Crippen LogP contribution in [-0.4, -0.2) is 12.1 Å². The Kier molecular flexibility index (Phi) is 3.32. The van der Waals surface area contributed by atoms with E-state index in [9.17, 15) is 0 Å². The van der Waals surface area contributed by atoms with E-state index in [1.807, 2.05) is 37.3 Å². The molecule has 1 unspecified atom stereocenters. The molecule has 0 saturated carbocycles.